The van der Waals surface area contributed by atoms with Crippen molar-refractivity contribution in [2.75, 3.05) is 26.7 Å². The van der Waals surface area contributed by atoms with Gasteiger partial charge < -0.3 is 30.3 Å². The third-order valence-electron chi connectivity index (χ3n) is 11.4. The average molecular weight is 744 g/mol. The number of methoxy groups -OCH3 is 1. The molecule has 1 aromatic heterocycles. The van der Waals surface area contributed by atoms with Crippen LogP contribution in [0.5, 0.6) is 11.5 Å². The number of rotatable bonds is 7. The maximum absolute atomic E-state index is 14.6. The molecule has 5 atom stereocenters. The van der Waals surface area contributed by atoms with Crippen LogP contribution in [0.3, 0.4) is 0 Å². The van der Waals surface area contributed by atoms with Crippen LogP contribution in [0, 0.1) is 11.8 Å². The monoisotopic (exact) mass is 743 g/mol. The lowest BCUT2D eigenvalue weighted by atomic mass is 9.94. The highest BCUT2D eigenvalue weighted by Crippen LogP contribution is 2.45. The number of hydrogen-bond donors (Lipinski definition) is 2. The second kappa shape index (κ2) is 15.3. The van der Waals surface area contributed by atoms with Crippen molar-refractivity contribution < 1.29 is 37.4 Å². The molecule has 0 bridgehead atoms. The van der Waals surface area contributed by atoms with Crippen molar-refractivity contribution in [2.45, 2.75) is 87.8 Å². The van der Waals surface area contributed by atoms with Crippen LogP contribution in [0.15, 0.2) is 66.7 Å². The number of primary amides is 1. The first-order valence-corrected chi connectivity index (χ1v) is 18.9. The largest absolute Gasteiger partial charge is 0.497 e. The molecule has 11 nitrogen and oxygen atoms in total. The molecule has 1 aliphatic carbocycles. The smallest absolute Gasteiger partial charge is 0.251 e. The topological polar surface area (TPSA) is 144 Å². The summed E-state index contributed by atoms with van der Waals surface area (Å²) >= 11 is 0. The molecule has 54 heavy (non-hydrogen) atoms. The minimum absolute atomic E-state index is 0.0467. The molecule has 1 saturated carbocycles. The van der Waals surface area contributed by atoms with E-state index in [0.717, 1.165) is 24.8 Å². The number of pyridine rings is 1. The Morgan fingerprint density at radius 2 is 1.81 bits per heavy atom. The average Bonchev–Trinajstić information content (AvgIpc) is 3.70. The Labute approximate surface area is 313 Å². The summed E-state index contributed by atoms with van der Waals surface area (Å²) in [7, 11) is 1.58. The van der Waals surface area contributed by atoms with E-state index in [1.807, 2.05) is 66.7 Å². The number of hydrogen-bond acceptors (Lipinski definition) is 7. The number of amides is 4. The number of benzene rings is 2. The molecule has 0 spiro atoms. The van der Waals surface area contributed by atoms with Gasteiger partial charge in [0.15, 0.2) is 0 Å². The molecule has 4 aliphatic rings. The third kappa shape index (κ3) is 7.90. The van der Waals surface area contributed by atoms with Crippen LogP contribution >= 0.6 is 0 Å². The highest BCUT2D eigenvalue weighted by Gasteiger charge is 2.60. The van der Waals surface area contributed by atoms with Crippen LogP contribution < -0.4 is 20.5 Å². The van der Waals surface area contributed by atoms with E-state index in [4.69, 9.17) is 20.2 Å². The van der Waals surface area contributed by atoms with Gasteiger partial charge in [0.25, 0.3) is 5.92 Å². The zero-order chi connectivity index (χ0) is 38.0. The van der Waals surface area contributed by atoms with Crippen LogP contribution in [-0.2, 0) is 19.2 Å². The molecule has 2 saturated heterocycles. The first-order chi connectivity index (χ1) is 26.0. The number of nitrogens with two attached hydrogens (primary N) is 1. The lowest BCUT2D eigenvalue weighted by molar-refractivity contribution is -0.147. The maximum Gasteiger partial charge on any atom is 0.251 e. The summed E-state index contributed by atoms with van der Waals surface area (Å²) in [5.74, 6) is -4.58. The molecular weight excluding hydrogens is 696 g/mol. The van der Waals surface area contributed by atoms with Gasteiger partial charge >= 0.3 is 0 Å². The molecule has 4 amide bonds. The number of nitrogens with zero attached hydrogens (tertiary/aromatic N) is 3. The number of ether oxygens (including phenoxy) is 2. The van der Waals surface area contributed by atoms with E-state index in [0.29, 0.717) is 47.4 Å². The Morgan fingerprint density at radius 1 is 1.04 bits per heavy atom. The number of halogens is 2. The van der Waals surface area contributed by atoms with Gasteiger partial charge in [-0.05, 0) is 37.8 Å². The van der Waals surface area contributed by atoms with Crippen LogP contribution in [0.2, 0.25) is 0 Å². The van der Waals surface area contributed by atoms with E-state index in [-0.39, 0.29) is 50.2 Å². The van der Waals surface area contributed by atoms with Gasteiger partial charge in [-0.1, -0.05) is 55.3 Å². The molecule has 3 fully saturated rings. The molecular formula is C41H47F2N5O6. The predicted molar refractivity (Wildman–Crippen MR) is 198 cm³/mol. The Balaban J connectivity index is 1.20. The zero-order valence-corrected chi connectivity index (χ0v) is 30.5. The summed E-state index contributed by atoms with van der Waals surface area (Å²) in [4.78, 5) is 62.9. The Morgan fingerprint density at radius 3 is 2.56 bits per heavy atom. The fourth-order valence-electron chi connectivity index (χ4n) is 8.08. The summed E-state index contributed by atoms with van der Waals surface area (Å²) in [6.45, 7) is -0.0984. The second-order valence-corrected chi connectivity index (χ2v) is 15.1. The van der Waals surface area contributed by atoms with E-state index in [1.165, 1.54) is 9.80 Å². The fourth-order valence-corrected chi connectivity index (χ4v) is 8.08. The lowest BCUT2D eigenvalue weighted by Crippen LogP contribution is -2.55. The molecule has 7 rings (SSSR count). The number of likely N-dealkylation sites (tertiary alicyclic amines) is 1. The molecule has 3 aromatic rings. The van der Waals surface area contributed by atoms with E-state index < -0.39 is 54.2 Å². The summed E-state index contributed by atoms with van der Waals surface area (Å²) in [5, 5.41) is 3.63. The van der Waals surface area contributed by atoms with Crippen molar-refractivity contribution in [3.05, 3.63) is 66.7 Å². The highest BCUT2D eigenvalue weighted by atomic mass is 19.3. The van der Waals surface area contributed by atoms with E-state index in [2.05, 4.69) is 5.32 Å². The number of aromatic nitrogens is 1. The first kappa shape index (κ1) is 37.3. The van der Waals surface area contributed by atoms with Gasteiger partial charge in [0.05, 0.1) is 24.9 Å². The van der Waals surface area contributed by atoms with Gasteiger partial charge in [-0.2, -0.15) is 0 Å². The normalized spacial score (nSPS) is 27.2. The van der Waals surface area contributed by atoms with Crippen molar-refractivity contribution in [1.82, 2.24) is 20.1 Å². The minimum atomic E-state index is -2.81. The number of fused-ring (bicyclic) bond motifs is 3. The molecule has 4 heterocycles. The molecule has 0 radical (unpaired) electrons. The summed E-state index contributed by atoms with van der Waals surface area (Å²) in [5.41, 5.74) is 6.78. The number of nitrogens with one attached hydrogen (secondary N) is 1. The van der Waals surface area contributed by atoms with Gasteiger partial charge in [-0.25, -0.2) is 13.8 Å². The molecule has 3 N–H and O–H groups in total. The number of allylic oxidation sites excluding steroid dienone is 1. The third-order valence-corrected chi connectivity index (χ3v) is 11.4. The fraction of sp³-hybridized carbons (Fsp3) is 0.488. The standard InChI is InChI=1S/C41H47F2N5O6/c1-53-29-14-15-31-33(21-29)45-32(26-10-7-5-8-11-26)23-35(31)54-30-22-34-37(50)46-41(39(44)52)24-28(41)13-9-4-2-3-6-12-27(38(51)48(34)25-30)20-36(49)47-18-16-40(42,43)17-19-47/h5,7-11,13-15,21,23,27-28,30,34H,2-4,6,12,16-20,22,24-25H2,1H3,(H2,44,52)(H,46,50)/t27-,28-,30-,34+,41-/m1/s1. The number of carbonyl (C=O) groups excluding carboxylic acids is 4. The lowest BCUT2D eigenvalue weighted by Gasteiger charge is -2.33. The van der Waals surface area contributed by atoms with Crippen LogP contribution in [0.4, 0.5) is 8.78 Å². The molecule has 2 aromatic carbocycles. The van der Waals surface area contributed by atoms with Gasteiger partial charge in [0.2, 0.25) is 23.6 Å². The highest BCUT2D eigenvalue weighted by molar-refractivity contribution is 5.97. The molecule has 13 heteroatoms. The zero-order valence-electron chi connectivity index (χ0n) is 30.5. The Hall–Kier alpha value is -5.07. The van der Waals surface area contributed by atoms with Crippen molar-refractivity contribution >= 4 is 34.5 Å². The van der Waals surface area contributed by atoms with Gasteiger partial charge in [0.1, 0.15) is 29.2 Å². The van der Waals surface area contributed by atoms with Crippen molar-refractivity contribution in [1.29, 1.82) is 0 Å². The Kier molecular flexibility index (Phi) is 10.6. The van der Waals surface area contributed by atoms with Gasteiger partial charge in [-0.3, -0.25) is 19.2 Å². The number of alkyl halides is 2. The molecule has 286 valence electrons. The summed E-state index contributed by atoms with van der Waals surface area (Å²) in [6.07, 6.45) is 6.29. The van der Waals surface area contributed by atoms with E-state index in [9.17, 15) is 28.0 Å². The quantitative estimate of drug-likeness (QED) is 0.309. The minimum Gasteiger partial charge on any atom is -0.497 e. The summed E-state index contributed by atoms with van der Waals surface area (Å²) < 4.78 is 40.0. The van der Waals surface area contributed by atoms with Crippen LogP contribution in [0.1, 0.15) is 64.2 Å². The van der Waals surface area contributed by atoms with Gasteiger partial charge in [-0.15, -0.1) is 0 Å². The Bertz CT molecular complexity index is 1930. The van der Waals surface area contributed by atoms with Gasteiger partial charge in [0, 0.05) is 73.7 Å². The van der Waals surface area contributed by atoms with Crippen molar-refractivity contribution in [3.63, 3.8) is 0 Å². The van der Waals surface area contributed by atoms with Crippen molar-refractivity contribution in [3.8, 4) is 22.8 Å². The number of piperidine rings is 1. The van der Waals surface area contributed by atoms with Crippen LogP contribution in [-0.4, -0.2) is 88.8 Å². The molecule has 3 aliphatic heterocycles. The molecule has 0 unspecified atom stereocenters. The maximum atomic E-state index is 14.6. The van der Waals surface area contributed by atoms with E-state index in [1.54, 1.807) is 7.11 Å². The van der Waals surface area contributed by atoms with E-state index >= 15 is 0 Å². The summed E-state index contributed by atoms with van der Waals surface area (Å²) in [6, 6.07) is 16.0. The first-order valence-electron chi connectivity index (χ1n) is 18.9. The van der Waals surface area contributed by atoms with Crippen LogP contribution in [0.25, 0.3) is 22.2 Å². The predicted octanol–water partition coefficient (Wildman–Crippen LogP) is 5.40. The van der Waals surface area contributed by atoms with Crippen molar-refractivity contribution in [2.24, 2.45) is 17.6 Å². The second-order valence-electron chi connectivity index (χ2n) is 15.1. The SMILES string of the molecule is COc1ccc2c(O[C@@H]3C[C@H]4C(=O)N[C@]5(C(N)=O)C[C@H]5C=CCCCCC[C@H](CC(=O)N5CCC(F)(F)CC5)C(=O)N4C3)cc(-c3ccccc3)nc2c1. The number of carbonyl (C=O) groups is 4.